The summed E-state index contributed by atoms with van der Waals surface area (Å²) in [6, 6.07) is 4.92. The first kappa shape index (κ1) is 17.2. The van der Waals surface area contributed by atoms with Gasteiger partial charge in [0.2, 0.25) is 0 Å². The van der Waals surface area contributed by atoms with Crippen LogP contribution in [0.15, 0.2) is 51.1 Å². The Morgan fingerprint density at radius 3 is 2.60 bits per heavy atom. The van der Waals surface area contributed by atoms with Crippen molar-refractivity contribution in [2.24, 2.45) is 0 Å². The molecule has 6 nitrogen and oxygen atoms in total. The highest BCUT2D eigenvalue weighted by atomic mass is 79.9. The lowest BCUT2D eigenvalue weighted by Crippen LogP contribution is -2.35. The van der Waals surface area contributed by atoms with Gasteiger partial charge in [-0.1, -0.05) is 6.08 Å². The van der Waals surface area contributed by atoms with Crippen molar-refractivity contribution in [1.82, 2.24) is 19.3 Å². The second kappa shape index (κ2) is 6.03. The quantitative estimate of drug-likeness (QED) is 0.669. The SMILES string of the molecule is C=CCn1nc(Br)c2ccc(-n3c(=O)cc(C(F)(F)F)[nH]c3=O)cc21. The molecular formula is C15H10BrF3N4O2. The smallest absolute Gasteiger partial charge is 0.303 e. The number of aromatic nitrogens is 4. The molecule has 130 valence electrons. The number of alkyl halides is 3. The molecule has 10 heteroatoms. The number of fused-ring (bicyclic) bond motifs is 1. The lowest BCUT2D eigenvalue weighted by molar-refractivity contribution is -0.141. The minimum absolute atomic E-state index is 0.130. The first-order valence-corrected chi connectivity index (χ1v) is 7.72. The third-order valence-corrected chi connectivity index (χ3v) is 4.07. The van der Waals surface area contributed by atoms with Gasteiger partial charge in [0.25, 0.3) is 5.56 Å². The number of nitrogens with one attached hydrogen (secondary N) is 1. The average Bonchev–Trinajstić information content (AvgIpc) is 2.82. The first-order valence-electron chi connectivity index (χ1n) is 6.93. The Kier molecular flexibility index (Phi) is 4.15. The zero-order valence-electron chi connectivity index (χ0n) is 12.5. The predicted molar refractivity (Wildman–Crippen MR) is 88.8 cm³/mol. The van der Waals surface area contributed by atoms with Gasteiger partial charge in [-0.2, -0.15) is 18.3 Å². The molecule has 1 aromatic carbocycles. The van der Waals surface area contributed by atoms with E-state index >= 15 is 0 Å². The third kappa shape index (κ3) is 3.04. The molecule has 2 aromatic heterocycles. The molecule has 0 bridgehead atoms. The van der Waals surface area contributed by atoms with Crippen molar-refractivity contribution >= 4 is 26.8 Å². The Morgan fingerprint density at radius 2 is 2.00 bits per heavy atom. The van der Waals surface area contributed by atoms with Crippen molar-refractivity contribution in [2.45, 2.75) is 12.7 Å². The second-order valence-corrected chi connectivity index (χ2v) is 5.87. The van der Waals surface area contributed by atoms with E-state index in [9.17, 15) is 22.8 Å². The van der Waals surface area contributed by atoms with Crippen molar-refractivity contribution < 1.29 is 13.2 Å². The van der Waals surface area contributed by atoms with Crippen molar-refractivity contribution in [3.05, 3.63) is 68.1 Å². The number of H-pyrrole nitrogens is 1. The zero-order valence-corrected chi connectivity index (χ0v) is 14.1. The number of hydrogen-bond acceptors (Lipinski definition) is 3. The van der Waals surface area contributed by atoms with E-state index in [-0.39, 0.29) is 5.69 Å². The van der Waals surface area contributed by atoms with Crippen LogP contribution < -0.4 is 11.2 Å². The molecule has 0 spiro atoms. The van der Waals surface area contributed by atoms with Gasteiger partial charge >= 0.3 is 11.9 Å². The fourth-order valence-electron chi connectivity index (χ4n) is 2.41. The molecule has 3 rings (SSSR count). The summed E-state index contributed by atoms with van der Waals surface area (Å²) in [5, 5.41) is 4.97. The van der Waals surface area contributed by atoms with Crippen LogP contribution in [0.1, 0.15) is 5.69 Å². The Hall–Kier alpha value is -2.62. The summed E-state index contributed by atoms with van der Waals surface area (Å²) in [5.74, 6) is 0. The first-order chi connectivity index (χ1) is 11.7. The van der Waals surface area contributed by atoms with Gasteiger partial charge in [-0.3, -0.25) is 9.48 Å². The minimum atomic E-state index is -4.81. The fourth-order valence-corrected chi connectivity index (χ4v) is 2.94. The largest absolute Gasteiger partial charge is 0.431 e. The maximum atomic E-state index is 12.7. The van der Waals surface area contributed by atoms with Crippen LogP contribution >= 0.6 is 15.9 Å². The Bertz CT molecular complexity index is 1060. The zero-order chi connectivity index (χ0) is 18.4. The van der Waals surface area contributed by atoms with Gasteiger partial charge in [0.1, 0.15) is 10.3 Å². The number of aromatic amines is 1. The van der Waals surface area contributed by atoms with Crippen molar-refractivity contribution in [1.29, 1.82) is 0 Å². The topological polar surface area (TPSA) is 72.7 Å². The molecule has 0 atom stereocenters. The highest BCUT2D eigenvalue weighted by Crippen LogP contribution is 2.27. The number of rotatable bonds is 3. The van der Waals surface area contributed by atoms with Gasteiger partial charge in [-0.05, 0) is 34.1 Å². The van der Waals surface area contributed by atoms with E-state index in [1.54, 1.807) is 21.8 Å². The molecule has 0 saturated heterocycles. The Balaban J connectivity index is 2.23. The number of benzene rings is 1. The lowest BCUT2D eigenvalue weighted by atomic mass is 10.2. The molecule has 0 radical (unpaired) electrons. The maximum Gasteiger partial charge on any atom is 0.431 e. The van der Waals surface area contributed by atoms with E-state index in [4.69, 9.17) is 0 Å². The number of allylic oxidation sites excluding steroid dienone is 1. The van der Waals surface area contributed by atoms with Gasteiger partial charge in [-0.15, -0.1) is 6.58 Å². The summed E-state index contributed by atoms with van der Waals surface area (Å²) < 4.78 is 40.8. The second-order valence-electron chi connectivity index (χ2n) is 5.12. The molecule has 25 heavy (non-hydrogen) atoms. The van der Waals surface area contributed by atoms with Crippen molar-refractivity contribution in [3.63, 3.8) is 0 Å². The van der Waals surface area contributed by atoms with Crippen LogP contribution in [-0.2, 0) is 12.7 Å². The molecule has 3 aromatic rings. The lowest BCUT2D eigenvalue weighted by Gasteiger charge is -2.09. The highest BCUT2D eigenvalue weighted by molar-refractivity contribution is 9.10. The van der Waals surface area contributed by atoms with Crippen LogP contribution in [0.25, 0.3) is 16.6 Å². The van der Waals surface area contributed by atoms with E-state index in [0.717, 1.165) is 5.39 Å². The van der Waals surface area contributed by atoms with Crippen LogP contribution in [-0.4, -0.2) is 19.3 Å². The van der Waals surface area contributed by atoms with Crippen LogP contribution in [0, 0.1) is 0 Å². The van der Waals surface area contributed by atoms with Crippen LogP contribution in [0.2, 0.25) is 0 Å². The van der Waals surface area contributed by atoms with Gasteiger partial charge in [0, 0.05) is 11.5 Å². The number of nitrogens with zero attached hydrogens (tertiary/aromatic N) is 3. The van der Waals surface area contributed by atoms with Crippen LogP contribution in [0.5, 0.6) is 0 Å². The summed E-state index contributed by atoms with van der Waals surface area (Å²) in [6.45, 7) is 4.00. The van der Waals surface area contributed by atoms with E-state index in [1.807, 2.05) is 0 Å². The standard InChI is InChI=1S/C15H10BrF3N4O2/c1-2-5-22-10-6-8(3-4-9(10)13(16)21-22)23-12(24)7-11(15(17,18)19)20-14(23)25/h2-4,6-7H,1,5H2,(H,20,25). The van der Waals surface area contributed by atoms with E-state index in [1.165, 1.54) is 12.1 Å². The molecule has 2 heterocycles. The average molecular weight is 415 g/mol. The monoisotopic (exact) mass is 414 g/mol. The molecular weight excluding hydrogens is 405 g/mol. The summed E-state index contributed by atoms with van der Waals surface area (Å²) in [7, 11) is 0. The third-order valence-electron chi connectivity index (χ3n) is 3.49. The van der Waals surface area contributed by atoms with Gasteiger partial charge in [0.15, 0.2) is 0 Å². The fraction of sp³-hybridized carbons (Fsp3) is 0.133. The van der Waals surface area contributed by atoms with E-state index in [0.29, 0.717) is 27.3 Å². The summed E-state index contributed by atoms with van der Waals surface area (Å²) in [6.07, 6.45) is -3.20. The number of halogens is 4. The summed E-state index contributed by atoms with van der Waals surface area (Å²) >= 11 is 3.30. The predicted octanol–water partition coefficient (Wildman–Crippen LogP) is 2.84. The summed E-state index contributed by atoms with van der Waals surface area (Å²) in [4.78, 5) is 25.8. The normalized spacial score (nSPS) is 11.8. The van der Waals surface area contributed by atoms with Crippen molar-refractivity contribution in [3.8, 4) is 5.69 Å². The Labute approximate surface area is 146 Å². The molecule has 0 aliphatic carbocycles. The molecule has 0 aliphatic rings. The maximum absolute atomic E-state index is 12.7. The summed E-state index contributed by atoms with van der Waals surface area (Å²) in [5.41, 5.74) is -2.92. The highest BCUT2D eigenvalue weighted by Gasteiger charge is 2.33. The molecule has 0 saturated carbocycles. The minimum Gasteiger partial charge on any atom is -0.303 e. The van der Waals surface area contributed by atoms with Gasteiger partial charge < -0.3 is 4.98 Å². The van der Waals surface area contributed by atoms with Gasteiger partial charge in [-0.25, -0.2) is 9.36 Å². The molecule has 0 unspecified atom stereocenters. The molecule has 0 amide bonds. The number of hydrogen-bond donors (Lipinski definition) is 1. The van der Waals surface area contributed by atoms with Crippen LogP contribution in [0.3, 0.4) is 0 Å². The molecule has 1 N–H and O–H groups in total. The van der Waals surface area contributed by atoms with Crippen molar-refractivity contribution in [2.75, 3.05) is 0 Å². The van der Waals surface area contributed by atoms with E-state index < -0.39 is 23.1 Å². The molecule has 0 fully saturated rings. The van der Waals surface area contributed by atoms with Gasteiger partial charge in [0.05, 0.1) is 17.7 Å². The van der Waals surface area contributed by atoms with E-state index in [2.05, 4.69) is 27.6 Å². The van der Waals surface area contributed by atoms with Crippen LogP contribution in [0.4, 0.5) is 13.2 Å². The molecule has 0 aliphatic heterocycles. The Morgan fingerprint density at radius 1 is 1.28 bits per heavy atom.